The number of rotatable bonds is 6. The van der Waals surface area contributed by atoms with E-state index in [4.69, 9.17) is 26.7 Å². The van der Waals surface area contributed by atoms with Crippen LogP contribution >= 0.6 is 12.2 Å². The molecule has 5 rings (SSSR count). The Morgan fingerprint density at radius 2 is 1.75 bits per heavy atom. The predicted molar refractivity (Wildman–Crippen MR) is 147 cm³/mol. The number of hydrogen-bond acceptors (Lipinski definition) is 4. The molecule has 1 saturated heterocycles. The molecule has 0 bridgehead atoms. The first-order valence-electron chi connectivity index (χ1n) is 11.9. The minimum Gasteiger partial charge on any atom is -0.497 e. The number of anilines is 1. The highest BCUT2D eigenvalue weighted by Gasteiger charge is 2.43. The van der Waals surface area contributed by atoms with Crippen molar-refractivity contribution in [1.29, 1.82) is 0 Å². The number of thiocarbonyl (C=S) groups is 1. The van der Waals surface area contributed by atoms with Gasteiger partial charge in [-0.1, -0.05) is 18.2 Å². The van der Waals surface area contributed by atoms with Crippen LogP contribution in [-0.2, 0) is 0 Å². The van der Waals surface area contributed by atoms with Gasteiger partial charge in [0.15, 0.2) is 5.11 Å². The van der Waals surface area contributed by atoms with Gasteiger partial charge in [0.25, 0.3) is 0 Å². The molecule has 1 aliphatic rings. The summed E-state index contributed by atoms with van der Waals surface area (Å²) >= 11 is 5.94. The molecule has 0 radical (unpaired) electrons. The summed E-state index contributed by atoms with van der Waals surface area (Å²) in [7, 11) is 3.34. The van der Waals surface area contributed by atoms with Gasteiger partial charge in [0, 0.05) is 29.3 Å². The predicted octanol–water partition coefficient (Wildman–Crippen LogP) is 5.99. The van der Waals surface area contributed by atoms with Crippen molar-refractivity contribution in [3.63, 3.8) is 0 Å². The van der Waals surface area contributed by atoms with Crippen LogP contribution in [0.1, 0.15) is 40.3 Å². The number of aromatic nitrogens is 2. The Kier molecular flexibility index (Phi) is 6.41. The lowest BCUT2D eigenvalue weighted by Gasteiger charge is -2.29. The van der Waals surface area contributed by atoms with Gasteiger partial charge in [0.2, 0.25) is 0 Å². The number of nitrogens with zero attached hydrogens (tertiary/aromatic N) is 3. The van der Waals surface area contributed by atoms with Gasteiger partial charge >= 0.3 is 0 Å². The number of nitrogens with one attached hydrogen (secondary N) is 1. The summed E-state index contributed by atoms with van der Waals surface area (Å²) in [6, 6.07) is 22.3. The van der Waals surface area contributed by atoms with E-state index in [1.54, 1.807) is 14.2 Å². The van der Waals surface area contributed by atoms with Crippen LogP contribution in [0.3, 0.4) is 0 Å². The largest absolute Gasteiger partial charge is 0.497 e. The molecule has 0 aliphatic carbocycles. The molecule has 4 aromatic rings. The number of ether oxygens (including phenoxy) is 2. The van der Waals surface area contributed by atoms with Crippen LogP contribution < -0.4 is 19.7 Å². The molecule has 2 unspecified atom stereocenters. The molecule has 0 spiro atoms. The van der Waals surface area contributed by atoms with E-state index in [9.17, 15) is 0 Å². The summed E-state index contributed by atoms with van der Waals surface area (Å²) in [4.78, 5) is 6.83. The van der Waals surface area contributed by atoms with Crippen LogP contribution in [0, 0.1) is 20.8 Å². The van der Waals surface area contributed by atoms with E-state index < -0.39 is 0 Å². The Morgan fingerprint density at radius 3 is 2.44 bits per heavy atom. The van der Waals surface area contributed by atoms with Crippen molar-refractivity contribution < 1.29 is 9.47 Å². The first kappa shape index (κ1) is 23.9. The van der Waals surface area contributed by atoms with Gasteiger partial charge in [0.05, 0.1) is 37.7 Å². The highest BCUT2D eigenvalue weighted by molar-refractivity contribution is 7.80. The molecule has 1 N–H and O–H groups in total. The molecule has 1 aliphatic heterocycles. The normalized spacial score (nSPS) is 17.2. The Morgan fingerprint density at radius 1 is 0.917 bits per heavy atom. The Balaban J connectivity index is 1.72. The maximum Gasteiger partial charge on any atom is 0.174 e. The van der Waals surface area contributed by atoms with Gasteiger partial charge in [-0.05, 0) is 86.6 Å². The van der Waals surface area contributed by atoms with E-state index in [0.717, 1.165) is 40.0 Å². The van der Waals surface area contributed by atoms with E-state index in [2.05, 4.69) is 65.9 Å². The van der Waals surface area contributed by atoms with Crippen molar-refractivity contribution in [1.82, 2.24) is 14.9 Å². The minimum absolute atomic E-state index is 0.152. The zero-order valence-corrected chi connectivity index (χ0v) is 22.0. The summed E-state index contributed by atoms with van der Waals surface area (Å²) < 4.78 is 13.6. The molecular formula is C29H30N4O2S. The fourth-order valence-corrected chi connectivity index (χ4v) is 5.51. The molecule has 0 amide bonds. The molecule has 2 atom stereocenters. The first-order valence-corrected chi connectivity index (χ1v) is 12.3. The van der Waals surface area contributed by atoms with Gasteiger partial charge < -0.3 is 24.3 Å². The molecule has 0 saturated carbocycles. The molecule has 1 fully saturated rings. The molecule has 7 heteroatoms. The summed E-state index contributed by atoms with van der Waals surface area (Å²) in [5.74, 6) is 1.46. The Bertz CT molecular complexity index is 1420. The van der Waals surface area contributed by atoms with Crippen LogP contribution in [0.25, 0.3) is 5.69 Å². The molecule has 6 nitrogen and oxygen atoms in total. The lowest BCUT2D eigenvalue weighted by Crippen LogP contribution is -2.30. The van der Waals surface area contributed by atoms with Crippen molar-refractivity contribution in [2.75, 3.05) is 19.1 Å². The topological polar surface area (TPSA) is 51.6 Å². The number of hydrogen-bond donors (Lipinski definition) is 1. The summed E-state index contributed by atoms with van der Waals surface area (Å²) in [5.41, 5.74) is 7.62. The third kappa shape index (κ3) is 4.09. The second kappa shape index (κ2) is 9.66. The van der Waals surface area contributed by atoms with E-state index in [0.29, 0.717) is 5.11 Å². The highest BCUT2D eigenvalue weighted by atomic mass is 32.1. The van der Waals surface area contributed by atoms with Crippen LogP contribution in [0.15, 0.2) is 72.9 Å². The summed E-state index contributed by atoms with van der Waals surface area (Å²) in [6.45, 7) is 6.43. The quantitative estimate of drug-likeness (QED) is 0.330. The lowest BCUT2D eigenvalue weighted by molar-refractivity contribution is 0.403. The minimum atomic E-state index is -0.154. The average Bonchev–Trinajstić information content (AvgIpc) is 3.38. The Labute approximate surface area is 217 Å². The fraction of sp³-hybridized carbons (Fsp3) is 0.241. The van der Waals surface area contributed by atoms with Crippen molar-refractivity contribution >= 4 is 23.0 Å². The molecule has 184 valence electrons. The van der Waals surface area contributed by atoms with Crippen LogP contribution in [0.4, 0.5) is 5.69 Å². The molecule has 2 aromatic heterocycles. The number of pyridine rings is 1. The van der Waals surface area contributed by atoms with Crippen LogP contribution in [0.5, 0.6) is 11.5 Å². The smallest absolute Gasteiger partial charge is 0.174 e. The van der Waals surface area contributed by atoms with Gasteiger partial charge in [-0.3, -0.25) is 4.98 Å². The molecular weight excluding hydrogens is 468 g/mol. The second-order valence-electron chi connectivity index (χ2n) is 9.04. The van der Waals surface area contributed by atoms with Gasteiger partial charge in [-0.25, -0.2) is 0 Å². The lowest BCUT2D eigenvalue weighted by atomic mass is 9.96. The van der Waals surface area contributed by atoms with Crippen molar-refractivity contribution in [3.05, 3.63) is 101 Å². The number of aryl methyl sites for hydroxylation is 2. The van der Waals surface area contributed by atoms with Crippen molar-refractivity contribution in [3.8, 4) is 17.2 Å². The van der Waals surface area contributed by atoms with Crippen molar-refractivity contribution in [2.24, 2.45) is 0 Å². The fourth-order valence-electron chi connectivity index (χ4n) is 5.17. The highest BCUT2D eigenvalue weighted by Crippen LogP contribution is 2.47. The van der Waals surface area contributed by atoms with Gasteiger partial charge in [-0.2, -0.15) is 0 Å². The third-order valence-electron chi connectivity index (χ3n) is 6.79. The first-order chi connectivity index (χ1) is 17.4. The SMILES string of the molecule is COc1ccc(OC)c(N2C(=S)NC(c3ccccn3)C2c2cc(C)n(-c3cccc(C)c3)c2C)c1. The van der Waals surface area contributed by atoms with Crippen molar-refractivity contribution in [2.45, 2.75) is 32.9 Å². The monoisotopic (exact) mass is 498 g/mol. The van der Waals surface area contributed by atoms with Gasteiger partial charge in [0.1, 0.15) is 11.5 Å². The van der Waals surface area contributed by atoms with E-state index in [1.165, 1.54) is 11.1 Å². The molecule has 3 heterocycles. The van der Waals surface area contributed by atoms with E-state index >= 15 is 0 Å². The molecule has 36 heavy (non-hydrogen) atoms. The van der Waals surface area contributed by atoms with Crippen LogP contribution in [-0.4, -0.2) is 28.9 Å². The second-order valence-corrected chi connectivity index (χ2v) is 9.42. The van der Waals surface area contributed by atoms with Gasteiger partial charge in [-0.15, -0.1) is 0 Å². The Hall–Kier alpha value is -3.84. The third-order valence-corrected chi connectivity index (χ3v) is 7.11. The summed E-state index contributed by atoms with van der Waals surface area (Å²) in [6.07, 6.45) is 1.82. The zero-order valence-electron chi connectivity index (χ0n) is 21.1. The maximum atomic E-state index is 5.94. The summed E-state index contributed by atoms with van der Waals surface area (Å²) in [5, 5.41) is 4.16. The zero-order chi connectivity index (χ0) is 25.4. The number of methoxy groups -OCH3 is 2. The number of benzene rings is 2. The molecule has 2 aromatic carbocycles. The average molecular weight is 499 g/mol. The van der Waals surface area contributed by atoms with E-state index in [-0.39, 0.29) is 12.1 Å². The standard InChI is InChI=1S/C29H30N4O2S/c1-18-9-8-10-21(15-18)32-19(2)16-23(20(32)3)28-27(24-11-6-7-14-30-24)31-29(36)33(28)25-17-22(34-4)12-13-26(25)35-5/h6-17,27-28H,1-5H3,(H,31,36). The van der Waals surface area contributed by atoms with Crippen LogP contribution in [0.2, 0.25) is 0 Å². The van der Waals surface area contributed by atoms with E-state index in [1.807, 2.05) is 42.6 Å². The maximum absolute atomic E-state index is 5.94.